The molecule has 102 valence electrons. The monoisotopic (exact) mass is 265 g/mol. The van der Waals surface area contributed by atoms with Crippen LogP contribution in [0.4, 0.5) is 9.18 Å². The first-order chi connectivity index (χ1) is 8.85. The van der Waals surface area contributed by atoms with Crippen LogP contribution in [0.25, 0.3) is 0 Å². The lowest BCUT2D eigenvalue weighted by Crippen LogP contribution is -2.40. The maximum atomic E-state index is 13.8. The van der Waals surface area contributed by atoms with Crippen molar-refractivity contribution in [2.75, 3.05) is 0 Å². The molecule has 0 aliphatic carbocycles. The van der Waals surface area contributed by atoms with E-state index in [0.717, 1.165) is 4.90 Å². The lowest BCUT2D eigenvalue weighted by molar-refractivity contribution is -0.130. The molecule has 2 rings (SSSR count). The zero-order chi connectivity index (χ0) is 14.2. The molecular weight excluding hydrogens is 249 g/mol. The molecule has 0 spiro atoms. The van der Waals surface area contributed by atoms with Crippen molar-refractivity contribution in [3.8, 4) is 0 Å². The van der Waals surface area contributed by atoms with Gasteiger partial charge >= 0.3 is 6.03 Å². The van der Waals surface area contributed by atoms with Crippen LogP contribution in [0.1, 0.15) is 25.0 Å². The summed E-state index contributed by atoms with van der Waals surface area (Å²) in [6.45, 7) is 3.39. The van der Waals surface area contributed by atoms with Crippen LogP contribution in [0.5, 0.6) is 0 Å². The van der Waals surface area contributed by atoms with Gasteiger partial charge in [0, 0.05) is 12.1 Å². The lowest BCUT2D eigenvalue weighted by Gasteiger charge is -2.16. The second-order valence-corrected chi connectivity index (χ2v) is 5.08. The highest BCUT2D eigenvalue weighted by Crippen LogP contribution is 2.20. The minimum Gasteiger partial charge on any atom is -0.326 e. The molecule has 0 radical (unpaired) electrons. The molecule has 19 heavy (non-hydrogen) atoms. The number of nitrogens with two attached hydrogens (primary N) is 1. The van der Waals surface area contributed by atoms with Crippen LogP contribution in [-0.2, 0) is 17.9 Å². The first-order valence-electron chi connectivity index (χ1n) is 5.96. The van der Waals surface area contributed by atoms with Crippen LogP contribution >= 0.6 is 0 Å². The molecule has 1 saturated heterocycles. The van der Waals surface area contributed by atoms with Crippen molar-refractivity contribution in [3.05, 3.63) is 35.1 Å². The Morgan fingerprint density at radius 2 is 2.05 bits per heavy atom. The van der Waals surface area contributed by atoms with E-state index in [1.165, 1.54) is 6.07 Å². The van der Waals surface area contributed by atoms with Crippen molar-refractivity contribution in [3.63, 3.8) is 0 Å². The fraction of sp³-hybridized carbons (Fsp3) is 0.385. The summed E-state index contributed by atoms with van der Waals surface area (Å²) < 4.78 is 13.8. The molecule has 5 nitrogen and oxygen atoms in total. The average molecular weight is 265 g/mol. The zero-order valence-electron chi connectivity index (χ0n) is 10.9. The van der Waals surface area contributed by atoms with Crippen LogP contribution < -0.4 is 11.1 Å². The Morgan fingerprint density at radius 3 is 2.53 bits per heavy atom. The smallest absolute Gasteiger partial charge is 0.325 e. The number of urea groups is 1. The third-order valence-electron chi connectivity index (χ3n) is 3.13. The number of nitrogens with zero attached hydrogens (tertiary/aromatic N) is 1. The molecule has 3 amide bonds. The second kappa shape index (κ2) is 4.62. The number of nitrogens with one attached hydrogen (secondary N) is 1. The third-order valence-corrected chi connectivity index (χ3v) is 3.13. The fourth-order valence-electron chi connectivity index (χ4n) is 1.98. The topological polar surface area (TPSA) is 75.4 Å². The van der Waals surface area contributed by atoms with E-state index >= 15 is 0 Å². The van der Waals surface area contributed by atoms with Crippen LogP contribution in [0.3, 0.4) is 0 Å². The Labute approximate surface area is 110 Å². The number of halogens is 1. The van der Waals surface area contributed by atoms with Crippen LogP contribution in [0.2, 0.25) is 0 Å². The Balaban J connectivity index is 2.22. The predicted octanol–water partition coefficient (Wildman–Crippen LogP) is 1.11. The average Bonchev–Trinajstić information content (AvgIpc) is 2.53. The summed E-state index contributed by atoms with van der Waals surface area (Å²) in [6.07, 6.45) is 0. The standard InChI is InChI=1S/C13H16FN3O2/c1-13(2)11(18)17(12(19)16-13)7-9-4-3-8(6-15)5-10(9)14/h3-5H,6-7,15H2,1-2H3,(H,16,19). The first-order valence-corrected chi connectivity index (χ1v) is 5.96. The van der Waals surface area contributed by atoms with Gasteiger partial charge in [0.25, 0.3) is 5.91 Å². The van der Waals surface area contributed by atoms with Crippen LogP contribution in [0, 0.1) is 5.82 Å². The molecule has 3 N–H and O–H groups in total. The molecular formula is C13H16FN3O2. The molecule has 1 heterocycles. The van der Waals surface area contributed by atoms with Crippen molar-refractivity contribution in [2.24, 2.45) is 5.73 Å². The van der Waals surface area contributed by atoms with E-state index < -0.39 is 17.4 Å². The van der Waals surface area contributed by atoms with Gasteiger partial charge in [-0.25, -0.2) is 9.18 Å². The van der Waals surface area contributed by atoms with Gasteiger partial charge in [0.1, 0.15) is 11.4 Å². The van der Waals surface area contributed by atoms with E-state index in [-0.39, 0.29) is 19.0 Å². The Kier molecular flexibility index (Phi) is 3.28. The first kappa shape index (κ1) is 13.5. The fourth-order valence-corrected chi connectivity index (χ4v) is 1.98. The van der Waals surface area contributed by atoms with E-state index in [1.807, 2.05) is 0 Å². The molecule has 0 aromatic heterocycles. The molecule has 1 aliphatic heterocycles. The highest BCUT2D eigenvalue weighted by molar-refractivity contribution is 6.06. The molecule has 0 atom stereocenters. The molecule has 1 aliphatic rings. The second-order valence-electron chi connectivity index (χ2n) is 5.08. The molecule has 0 bridgehead atoms. The lowest BCUT2D eigenvalue weighted by atomic mass is 10.1. The van der Waals surface area contributed by atoms with Crippen molar-refractivity contribution in [1.82, 2.24) is 10.2 Å². The number of benzene rings is 1. The van der Waals surface area contributed by atoms with Gasteiger partial charge in [-0.2, -0.15) is 0 Å². The number of hydrogen-bond acceptors (Lipinski definition) is 3. The number of imide groups is 1. The SMILES string of the molecule is CC1(C)NC(=O)N(Cc2ccc(CN)cc2F)C1=O. The quantitative estimate of drug-likeness (QED) is 0.804. The number of amides is 3. The summed E-state index contributed by atoms with van der Waals surface area (Å²) >= 11 is 0. The van der Waals surface area contributed by atoms with Gasteiger partial charge < -0.3 is 11.1 Å². The van der Waals surface area contributed by atoms with E-state index in [0.29, 0.717) is 11.1 Å². The van der Waals surface area contributed by atoms with Gasteiger partial charge in [0.2, 0.25) is 0 Å². The summed E-state index contributed by atoms with van der Waals surface area (Å²) in [6, 6.07) is 4.04. The summed E-state index contributed by atoms with van der Waals surface area (Å²) in [4.78, 5) is 24.7. The Hall–Kier alpha value is -1.95. The van der Waals surface area contributed by atoms with E-state index in [1.54, 1.807) is 26.0 Å². The molecule has 1 aromatic rings. The normalized spacial score (nSPS) is 17.8. The van der Waals surface area contributed by atoms with Gasteiger partial charge in [-0.05, 0) is 25.5 Å². The third kappa shape index (κ3) is 2.44. The van der Waals surface area contributed by atoms with Gasteiger partial charge in [-0.3, -0.25) is 9.69 Å². The Morgan fingerprint density at radius 1 is 1.37 bits per heavy atom. The van der Waals surface area contributed by atoms with E-state index in [9.17, 15) is 14.0 Å². The minimum absolute atomic E-state index is 0.0786. The number of hydrogen-bond donors (Lipinski definition) is 2. The van der Waals surface area contributed by atoms with Crippen LogP contribution in [0.15, 0.2) is 18.2 Å². The van der Waals surface area contributed by atoms with Crippen molar-refractivity contribution < 1.29 is 14.0 Å². The van der Waals surface area contributed by atoms with Gasteiger partial charge in [-0.1, -0.05) is 12.1 Å². The highest BCUT2D eigenvalue weighted by Gasteiger charge is 2.44. The van der Waals surface area contributed by atoms with Gasteiger partial charge in [0.15, 0.2) is 0 Å². The van der Waals surface area contributed by atoms with Crippen molar-refractivity contribution in [1.29, 1.82) is 0 Å². The molecule has 0 saturated carbocycles. The van der Waals surface area contributed by atoms with Crippen LogP contribution in [-0.4, -0.2) is 22.4 Å². The van der Waals surface area contributed by atoms with Gasteiger partial charge in [0.05, 0.1) is 6.54 Å². The van der Waals surface area contributed by atoms with E-state index in [4.69, 9.17) is 5.73 Å². The summed E-state index contributed by atoms with van der Waals surface area (Å²) in [5.41, 5.74) is 5.43. The van der Waals surface area contributed by atoms with E-state index in [2.05, 4.69) is 5.32 Å². The number of carbonyl (C=O) groups is 2. The molecule has 6 heteroatoms. The minimum atomic E-state index is -0.940. The van der Waals surface area contributed by atoms with Crippen molar-refractivity contribution in [2.45, 2.75) is 32.5 Å². The molecule has 1 aromatic carbocycles. The largest absolute Gasteiger partial charge is 0.326 e. The molecule has 0 unspecified atom stereocenters. The maximum Gasteiger partial charge on any atom is 0.325 e. The highest BCUT2D eigenvalue weighted by atomic mass is 19.1. The number of carbonyl (C=O) groups excluding carboxylic acids is 2. The van der Waals surface area contributed by atoms with Gasteiger partial charge in [-0.15, -0.1) is 0 Å². The number of rotatable bonds is 3. The summed E-state index contributed by atoms with van der Waals surface area (Å²) in [7, 11) is 0. The predicted molar refractivity (Wildman–Crippen MR) is 67.5 cm³/mol. The zero-order valence-corrected chi connectivity index (χ0v) is 10.9. The summed E-state index contributed by atoms with van der Waals surface area (Å²) in [5.74, 6) is -0.826. The maximum absolute atomic E-state index is 13.8. The summed E-state index contributed by atoms with van der Waals surface area (Å²) in [5, 5.41) is 2.55. The Bertz CT molecular complexity index is 543. The molecule has 1 fully saturated rings. The van der Waals surface area contributed by atoms with Crippen molar-refractivity contribution >= 4 is 11.9 Å².